The molecular formula is C29H23N5O6S. The van der Waals surface area contributed by atoms with Crippen molar-refractivity contribution in [3.05, 3.63) is 118 Å². The lowest BCUT2D eigenvalue weighted by atomic mass is 9.84. The van der Waals surface area contributed by atoms with Crippen molar-refractivity contribution < 1.29 is 19.1 Å². The number of anilines is 1. The predicted octanol–water partition coefficient (Wildman–Crippen LogP) is 2.10. The zero-order chi connectivity index (χ0) is 28.7. The molecule has 0 aliphatic carbocycles. The van der Waals surface area contributed by atoms with Crippen molar-refractivity contribution in [2.45, 2.75) is 18.2 Å². The summed E-state index contributed by atoms with van der Waals surface area (Å²) < 4.78 is 7.26. The van der Waals surface area contributed by atoms with Gasteiger partial charge in [-0.1, -0.05) is 66.7 Å². The van der Waals surface area contributed by atoms with E-state index in [9.17, 15) is 24.0 Å². The quantitative estimate of drug-likeness (QED) is 0.277. The summed E-state index contributed by atoms with van der Waals surface area (Å²) in [5.41, 5.74) is -2.57. The van der Waals surface area contributed by atoms with Crippen molar-refractivity contribution in [1.82, 2.24) is 14.3 Å². The van der Waals surface area contributed by atoms with Gasteiger partial charge in [0.2, 0.25) is 11.4 Å². The lowest BCUT2D eigenvalue weighted by Gasteiger charge is -2.27. The Hall–Kier alpha value is -4.97. The van der Waals surface area contributed by atoms with Crippen molar-refractivity contribution in [2.24, 2.45) is 10.9 Å². The number of imide groups is 1. The molecule has 0 saturated carbocycles. The number of para-hydroxylation sites is 2. The van der Waals surface area contributed by atoms with E-state index in [0.717, 1.165) is 31.5 Å². The number of hydrogen-bond donors (Lipinski definition) is 1. The lowest BCUT2D eigenvalue weighted by Crippen LogP contribution is -2.55. The second-order valence-electron chi connectivity index (χ2n) is 9.44. The average Bonchev–Trinajstić information content (AvgIpc) is 3.58. The fourth-order valence-electron chi connectivity index (χ4n) is 5.40. The van der Waals surface area contributed by atoms with Gasteiger partial charge in [0.15, 0.2) is 6.04 Å². The molecule has 4 aromatic rings. The molecule has 0 bridgehead atoms. The number of aromatic nitrogens is 3. The van der Waals surface area contributed by atoms with Crippen LogP contribution in [0.1, 0.15) is 5.56 Å². The Morgan fingerprint density at radius 1 is 0.902 bits per heavy atom. The van der Waals surface area contributed by atoms with Crippen LogP contribution in [-0.2, 0) is 31.3 Å². The van der Waals surface area contributed by atoms with Crippen molar-refractivity contribution in [3.8, 4) is 5.69 Å². The molecule has 0 spiro atoms. The van der Waals surface area contributed by atoms with E-state index in [1.54, 1.807) is 91.2 Å². The number of aromatic amines is 1. The molecule has 0 radical (unpaired) electrons. The summed E-state index contributed by atoms with van der Waals surface area (Å²) in [6.45, 7) is -0.0777. The van der Waals surface area contributed by atoms with Gasteiger partial charge in [-0.3, -0.25) is 14.6 Å². The molecule has 206 valence electrons. The van der Waals surface area contributed by atoms with Crippen molar-refractivity contribution in [2.75, 3.05) is 11.2 Å². The number of thioether (sulfide) groups is 1. The monoisotopic (exact) mass is 569 g/mol. The second kappa shape index (κ2) is 10.2. The highest BCUT2D eigenvalue weighted by atomic mass is 32.2. The maximum Gasteiger partial charge on any atom is 0.353 e. The minimum atomic E-state index is -2.11. The molecule has 3 aromatic carbocycles. The largest absolute Gasteiger partial charge is 0.459 e. The highest BCUT2D eigenvalue weighted by molar-refractivity contribution is 8.13. The molecule has 11 nitrogen and oxygen atoms in total. The minimum absolute atomic E-state index is 0.0319. The molecule has 1 saturated heterocycles. The van der Waals surface area contributed by atoms with Crippen molar-refractivity contribution in [1.29, 1.82) is 0 Å². The van der Waals surface area contributed by atoms with Crippen molar-refractivity contribution >= 4 is 40.3 Å². The molecule has 2 aliphatic heterocycles. The van der Waals surface area contributed by atoms with Crippen LogP contribution >= 0.6 is 11.8 Å². The number of ether oxygens (including phenoxy) is 1. The van der Waals surface area contributed by atoms with Gasteiger partial charge in [-0.2, -0.15) is 0 Å². The van der Waals surface area contributed by atoms with Crippen LogP contribution in [-0.4, -0.2) is 49.5 Å². The van der Waals surface area contributed by atoms with Crippen LogP contribution in [0.4, 0.5) is 5.69 Å². The zero-order valence-corrected chi connectivity index (χ0v) is 22.5. The number of carbonyl (C=O) groups is 3. The normalized spacial score (nSPS) is 21.6. The summed E-state index contributed by atoms with van der Waals surface area (Å²) in [4.78, 5) is 74.5. The van der Waals surface area contributed by atoms with Gasteiger partial charge in [0.25, 0.3) is 5.91 Å². The third kappa shape index (κ3) is 3.98. The smallest absolute Gasteiger partial charge is 0.353 e. The van der Waals surface area contributed by atoms with Crippen LogP contribution in [0.2, 0.25) is 0 Å². The third-order valence-corrected chi connectivity index (χ3v) is 8.00. The molecular weight excluding hydrogens is 546 g/mol. The van der Waals surface area contributed by atoms with Crippen LogP contribution in [0.5, 0.6) is 0 Å². The molecule has 2 amide bonds. The summed E-state index contributed by atoms with van der Waals surface area (Å²) in [5.74, 6) is -3.87. The summed E-state index contributed by atoms with van der Waals surface area (Å²) in [7, 11) is 0. The van der Waals surface area contributed by atoms with Gasteiger partial charge in [-0.05, 0) is 36.1 Å². The van der Waals surface area contributed by atoms with Gasteiger partial charge in [0.1, 0.15) is 17.6 Å². The number of amides is 2. The maximum absolute atomic E-state index is 14.4. The van der Waals surface area contributed by atoms with E-state index >= 15 is 0 Å². The molecule has 1 fully saturated rings. The lowest BCUT2D eigenvalue weighted by molar-refractivity contribution is -0.149. The Morgan fingerprint density at radius 2 is 1.49 bits per heavy atom. The van der Waals surface area contributed by atoms with E-state index < -0.39 is 46.7 Å². The minimum Gasteiger partial charge on any atom is -0.459 e. The molecule has 1 aromatic heterocycles. The number of carbonyl (C=O) groups excluding carboxylic acids is 3. The first-order chi connectivity index (χ1) is 19.9. The SMILES string of the molecule is CSC1=N[C@@H](C(=O)OCc2ccccc2)[C@@H]2C(=O)N(c3ccccc3)C(=O)[C@]12n1[nH]c(=O)n(-c2ccccc2)c1=O. The standard InChI is InChI=1S/C29H23N5O6S/c1-41-25-29(34-28(39)33(27(38)31-34)20-15-9-4-10-16-20)21(23(35)32(26(29)37)19-13-7-3-8-14-19)22(30-25)24(36)40-17-18-11-5-2-6-12-18/h2-16,21-22H,17H2,1H3,(H,31,38)/t21-,22-,29-/m1/s1. The fourth-order valence-corrected chi connectivity index (χ4v) is 6.23. The number of fused-ring (bicyclic) bond motifs is 1. The number of esters is 1. The van der Waals surface area contributed by atoms with Gasteiger partial charge >= 0.3 is 17.3 Å². The molecule has 12 heteroatoms. The molecule has 6 rings (SSSR count). The summed E-state index contributed by atoms with van der Waals surface area (Å²) in [6.07, 6.45) is 1.62. The Balaban J connectivity index is 1.52. The highest BCUT2D eigenvalue weighted by Gasteiger charge is 2.72. The Labute approximate surface area is 237 Å². The second-order valence-corrected chi connectivity index (χ2v) is 10.2. The number of rotatable bonds is 6. The van der Waals surface area contributed by atoms with Gasteiger partial charge < -0.3 is 4.74 Å². The Kier molecular flexibility index (Phi) is 6.54. The van der Waals surface area contributed by atoms with Gasteiger partial charge in [0, 0.05) is 0 Å². The number of hydrogen-bond acceptors (Lipinski definition) is 8. The molecule has 3 atom stereocenters. The van der Waals surface area contributed by atoms with E-state index in [-0.39, 0.29) is 23.0 Å². The van der Waals surface area contributed by atoms with E-state index in [2.05, 4.69) is 10.1 Å². The molecule has 2 aliphatic rings. The topological polar surface area (TPSA) is 136 Å². The van der Waals surface area contributed by atoms with Gasteiger partial charge in [-0.25, -0.2) is 33.6 Å². The predicted molar refractivity (Wildman–Crippen MR) is 152 cm³/mol. The Morgan fingerprint density at radius 3 is 2.10 bits per heavy atom. The third-order valence-electron chi connectivity index (χ3n) is 7.20. The molecule has 41 heavy (non-hydrogen) atoms. The van der Waals surface area contributed by atoms with E-state index in [0.29, 0.717) is 0 Å². The van der Waals surface area contributed by atoms with Crippen molar-refractivity contribution in [3.63, 3.8) is 0 Å². The number of benzene rings is 3. The van der Waals surface area contributed by atoms with Crippen LogP contribution in [0.25, 0.3) is 5.69 Å². The molecule has 3 heterocycles. The molecule has 0 unspecified atom stereocenters. The van der Waals surface area contributed by atoms with Gasteiger partial charge in [0.05, 0.1) is 11.4 Å². The van der Waals surface area contributed by atoms with Crippen LogP contribution in [0.15, 0.2) is 106 Å². The first kappa shape index (κ1) is 26.3. The van der Waals surface area contributed by atoms with Crippen LogP contribution in [0, 0.1) is 5.92 Å². The number of H-pyrrole nitrogens is 1. The summed E-state index contributed by atoms with van der Waals surface area (Å²) in [5, 5.41) is 2.52. The first-order valence-electron chi connectivity index (χ1n) is 12.7. The number of nitrogens with one attached hydrogen (secondary N) is 1. The van der Waals surface area contributed by atoms with E-state index in [1.807, 2.05) is 6.07 Å². The van der Waals surface area contributed by atoms with Crippen LogP contribution in [0.3, 0.4) is 0 Å². The summed E-state index contributed by atoms with van der Waals surface area (Å²) in [6, 6.07) is 23.9. The number of nitrogens with zero attached hydrogens (tertiary/aromatic N) is 4. The Bertz CT molecular complexity index is 1800. The van der Waals surface area contributed by atoms with Crippen LogP contribution < -0.4 is 16.3 Å². The average molecular weight is 570 g/mol. The highest BCUT2D eigenvalue weighted by Crippen LogP contribution is 2.48. The van der Waals surface area contributed by atoms with E-state index in [1.165, 1.54) is 0 Å². The number of aliphatic imine (C=N–C) groups is 1. The zero-order valence-electron chi connectivity index (χ0n) is 21.7. The first-order valence-corrected chi connectivity index (χ1v) is 13.9. The molecule has 1 N–H and O–H groups in total. The van der Waals surface area contributed by atoms with Gasteiger partial charge in [-0.15, -0.1) is 11.8 Å². The fraction of sp³-hybridized carbons (Fsp3) is 0.172. The summed E-state index contributed by atoms with van der Waals surface area (Å²) >= 11 is 1.01. The maximum atomic E-state index is 14.4. The van der Waals surface area contributed by atoms with E-state index in [4.69, 9.17) is 4.74 Å².